The molecule has 2 N–H and O–H groups in total. The second kappa shape index (κ2) is 53.1. The van der Waals surface area contributed by atoms with Crippen LogP contribution in [0.4, 0.5) is 0 Å². The van der Waals surface area contributed by atoms with Gasteiger partial charge in [-0.05, 0) is 19.3 Å². The summed E-state index contributed by atoms with van der Waals surface area (Å²) in [4.78, 5) is 24.4. The fourth-order valence-electron chi connectivity index (χ4n) is 8.86. The molecule has 4 nitrogen and oxygen atoms in total. The van der Waals surface area contributed by atoms with E-state index in [1.807, 2.05) is 0 Å². The minimum absolute atomic E-state index is 0.171. The molecule has 0 aliphatic heterocycles. The van der Waals surface area contributed by atoms with E-state index in [1.165, 1.54) is 283 Å². The molecule has 59 heavy (non-hydrogen) atoms. The van der Waals surface area contributed by atoms with Crippen LogP contribution in [0.1, 0.15) is 328 Å². The highest BCUT2D eigenvalue weighted by Gasteiger charge is 2.04. The molecule has 0 rings (SSSR count). The van der Waals surface area contributed by atoms with E-state index >= 15 is 0 Å². The predicted octanol–water partition coefficient (Wildman–Crippen LogP) is 18.4. The van der Waals surface area contributed by atoms with Crippen molar-refractivity contribution in [3.63, 3.8) is 0 Å². The summed E-state index contributed by atoms with van der Waals surface area (Å²) in [5, 5.41) is 6.08. The van der Waals surface area contributed by atoms with Gasteiger partial charge in [-0.25, -0.2) is 0 Å². The van der Waals surface area contributed by atoms with Crippen molar-refractivity contribution in [2.24, 2.45) is 0 Å². The van der Waals surface area contributed by atoms with Gasteiger partial charge in [0.2, 0.25) is 11.8 Å². The average Bonchev–Trinajstić information content (AvgIpc) is 3.24. The first kappa shape index (κ1) is 57.9. The number of hydrogen-bond donors (Lipinski definition) is 2. The van der Waals surface area contributed by atoms with Crippen molar-refractivity contribution >= 4 is 11.8 Å². The molecule has 0 aliphatic carbocycles. The van der Waals surface area contributed by atoms with E-state index in [1.54, 1.807) is 0 Å². The minimum atomic E-state index is 0.171. The van der Waals surface area contributed by atoms with Gasteiger partial charge in [-0.2, -0.15) is 0 Å². The highest BCUT2D eigenvalue weighted by Crippen LogP contribution is 2.18. The van der Waals surface area contributed by atoms with Crippen molar-refractivity contribution in [1.29, 1.82) is 0 Å². The lowest BCUT2D eigenvalue weighted by atomic mass is 10.0. The normalized spacial score (nSPS) is 11.4. The van der Waals surface area contributed by atoms with E-state index < -0.39 is 0 Å². The average molecular weight is 831 g/mol. The van der Waals surface area contributed by atoms with Gasteiger partial charge >= 0.3 is 0 Å². The minimum Gasteiger partial charge on any atom is -0.356 e. The Labute approximate surface area is 372 Å². The van der Waals surface area contributed by atoms with E-state index in [0.717, 1.165) is 19.3 Å². The van der Waals surface area contributed by atoms with Gasteiger partial charge in [-0.3, -0.25) is 9.59 Å². The molecule has 2 amide bonds. The number of carbonyl (C=O) groups is 2. The van der Waals surface area contributed by atoms with Crippen molar-refractivity contribution in [2.75, 3.05) is 13.1 Å². The van der Waals surface area contributed by atoms with Crippen molar-refractivity contribution in [1.82, 2.24) is 10.6 Å². The van der Waals surface area contributed by atoms with Crippen LogP contribution in [0.25, 0.3) is 0 Å². The van der Waals surface area contributed by atoms with Gasteiger partial charge < -0.3 is 10.6 Å². The Kier molecular flexibility index (Phi) is 52.1. The van der Waals surface area contributed by atoms with Crippen molar-refractivity contribution < 1.29 is 9.59 Å². The first-order valence-corrected chi connectivity index (χ1v) is 27.7. The zero-order chi connectivity index (χ0) is 42.6. The molecule has 0 bridgehead atoms. The third-order valence-electron chi connectivity index (χ3n) is 13.0. The summed E-state index contributed by atoms with van der Waals surface area (Å²) in [6.45, 7) is 5.93. The fraction of sp³-hybridized carbons (Fsp3) is 0.964. The van der Waals surface area contributed by atoms with Gasteiger partial charge in [0.05, 0.1) is 0 Å². The first-order chi connectivity index (χ1) is 29.2. The molecule has 0 aromatic carbocycles. The molecule has 0 aliphatic rings. The molecule has 0 spiro atoms. The lowest BCUT2D eigenvalue weighted by molar-refractivity contribution is -0.121. The molecule has 4 heteroatoms. The molecule has 352 valence electrons. The van der Waals surface area contributed by atoms with Crippen LogP contribution in [-0.2, 0) is 9.59 Å². The van der Waals surface area contributed by atoms with E-state index in [0.29, 0.717) is 25.9 Å². The first-order valence-electron chi connectivity index (χ1n) is 27.7. The van der Waals surface area contributed by atoms with E-state index in [2.05, 4.69) is 24.5 Å². The van der Waals surface area contributed by atoms with E-state index in [9.17, 15) is 9.59 Å². The summed E-state index contributed by atoms with van der Waals surface area (Å²) in [7, 11) is 0. The summed E-state index contributed by atoms with van der Waals surface area (Å²) >= 11 is 0. The lowest BCUT2D eigenvalue weighted by Gasteiger charge is -2.07. The smallest absolute Gasteiger partial charge is 0.219 e. The van der Waals surface area contributed by atoms with Crippen LogP contribution in [0, 0.1) is 0 Å². The van der Waals surface area contributed by atoms with Crippen LogP contribution < -0.4 is 10.6 Å². The maximum absolute atomic E-state index is 12.2. The third-order valence-corrected chi connectivity index (χ3v) is 13.0. The summed E-state index contributed by atoms with van der Waals surface area (Å²) in [6, 6.07) is 0. The number of amides is 2. The molecular weight excluding hydrogens is 721 g/mol. The van der Waals surface area contributed by atoms with Gasteiger partial charge in [0.15, 0.2) is 0 Å². The molecule has 0 fully saturated rings. The summed E-state index contributed by atoms with van der Waals surface area (Å²) in [6.07, 6.45) is 66.1. The zero-order valence-electron chi connectivity index (χ0n) is 40.9. The molecule has 0 atom stereocenters. The largest absolute Gasteiger partial charge is 0.356 e. The highest BCUT2D eigenvalue weighted by atomic mass is 16.2. The second-order valence-electron chi connectivity index (χ2n) is 19.1. The van der Waals surface area contributed by atoms with Crippen LogP contribution in [0.2, 0.25) is 0 Å². The Morgan fingerprint density at radius 1 is 0.220 bits per heavy atom. The van der Waals surface area contributed by atoms with Gasteiger partial charge in [-0.15, -0.1) is 0 Å². The second-order valence-corrected chi connectivity index (χ2v) is 19.1. The highest BCUT2D eigenvalue weighted by molar-refractivity contribution is 5.76. The van der Waals surface area contributed by atoms with E-state index in [-0.39, 0.29) is 11.8 Å². The molecule has 0 unspecified atom stereocenters. The molecule has 0 radical (unpaired) electrons. The molecule has 0 saturated carbocycles. The molecule has 0 saturated heterocycles. The van der Waals surface area contributed by atoms with Gasteiger partial charge in [0.25, 0.3) is 0 Å². The Morgan fingerprint density at radius 2 is 0.373 bits per heavy atom. The molecule has 0 heterocycles. The molecule has 0 aromatic heterocycles. The molecule has 0 aromatic rings. The maximum Gasteiger partial charge on any atom is 0.219 e. The lowest BCUT2D eigenvalue weighted by Crippen LogP contribution is -2.29. The van der Waals surface area contributed by atoms with Gasteiger partial charge in [0.1, 0.15) is 0 Å². The summed E-state index contributed by atoms with van der Waals surface area (Å²) in [5.41, 5.74) is 0. The number of hydrogen-bond acceptors (Lipinski definition) is 2. The van der Waals surface area contributed by atoms with Crippen LogP contribution in [0.5, 0.6) is 0 Å². The maximum atomic E-state index is 12.2. The van der Waals surface area contributed by atoms with Gasteiger partial charge in [-0.1, -0.05) is 296 Å². The topological polar surface area (TPSA) is 58.2 Å². The van der Waals surface area contributed by atoms with Crippen molar-refractivity contribution in [3.05, 3.63) is 0 Å². The Morgan fingerprint density at radius 3 is 0.542 bits per heavy atom. The monoisotopic (exact) mass is 831 g/mol. The number of rotatable bonds is 52. The number of nitrogens with one attached hydrogen (secondary N) is 2. The summed E-state index contributed by atoms with van der Waals surface area (Å²) in [5.74, 6) is 0.342. The quantitative estimate of drug-likeness (QED) is 0.0600. The van der Waals surface area contributed by atoms with Crippen molar-refractivity contribution in [2.45, 2.75) is 328 Å². The van der Waals surface area contributed by atoms with E-state index in [4.69, 9.17) is 0 Å². The standard InChI is InChI=1S/C55H110N2O2/c1-3-5-7-9-11-13-15-17-19-21-23-25-27-29-31-33-35-37-39-41-43-45-47-50-54(58)56-52-49-53-57-55(59)51-48-46-44-42-40-38-36-34-32-30-28-26-24-22-20-18-16-14-12-10-8-6-4-2/h3-53H2,1-2H3,(H,56,58)(H,57,59). The zero-order valence-corrected chi connectivity index (χ0v) is 40.9. The number of carbonyl (C=O) groups excluding carboxylic acids is 2. The fourth-order valence-corrected chi connectivity index (χ4v) is 8.86. The van der Waals surface area contributed by atoms with Crippen LogP contribution in [0.15, 0.2) is 0 Å². The Hall–Kier alpha value is -1.06. The SMILES string of the molecule is CCCCCCCCCCCCCCCCCCCCCCCCCC(=O)NCCCNC(=O)CCCCCCCCCCCCCCCCCCCCCCCCC. The third kappa shape index (κ3) is 53.0. The van der Waals surface area contributed by atoms with Crippen LogP contribution in [0.3, 0.4) is 0 Å². The number of unbranched alkanes of at least 4 members (excludes halogenated alkanes) is 44. The molecular formula is C55H110N2O2. The Bertz CT molecular complexity index is 736. The van der Waals surface area contributed by atoms with Crippen molar-refractivity contribution in [3.8, 4) is 0 Å². The Balaban J connectivity index is 3.23. The van der Waals surface area contributed by atoms with Crippen LogP contribution >= 0.6 is 0 Å². The summed E-state index contributed by atoms with van der Waals surface area (Å²) < 4.78 is 0. The van der Waals surface area contributed by atoms with Crippen LogP contribution in [-0.4, -0.2) is 24.9 Å². The predicted molar refractivity (Wildman–Crippen MR) is 264 cm³/mol. The van der Waals surface area contributed by atoms with Gasteiger partial charge in [0, 0.05) is 25.9 Å².